The van der Waals surface area contributed by atoms with Gasteiger partial charge in [-0.25, -0.2) is 0 Å². The third kappa shape index (κ3) is 5.69. The highest BCUT2D eigenvalue weighted by Gasteiger charge is 2.29. The van der Waals surface area contributed by atoms with Crippen LogP contribution < -0.4 is 0 Å². The Labute approximate surface area is 107 Å². The van der Waals surface area contributed by atoms with E-state index in [9.17, 15) is 10.2 Å². The third-order valence-electron chi connectivity index (χ3n) is 3.69. The number of aliphatic hydroxyl groups excluding tert-OH is 2. The molecule has 0 heterocycles. The fourth-order valence-electron chi connectivity index (χ4n) is 2.52. The average molecular weight is 242 g/mol. The monoisotopic (exact) mass is 242 g/mol. The van der Waals surface area contributed by atoms with Crippen molar-refractivity contribution in [2.24, 2.45) is 11.8 Å². The van der Waals surface area contributed by atoms with Crippen molar-refractivity contribution in [2.45, 2.75) is 71.5 Å². The summed E-state index contributed by atoms with van der Waals surface area (Å²) in [5.74, 6) is 0.360. The molecule has 0 aromatic carbocycles. The van der Waals surface area contributed by atoms with Crippen molar-refractivity contribution in [1.29, 1.82) is 0 Å². The lowest BCUT2D eigenvalue weighted by Gasteiger charge is -2.32. The first kappa shape index (κ1) is 16.7. The molecule has 0 saturated heterocycles. The van der Waals surface area contributed by atoms with Crippen LogP contribution in [0.1, 0.15) is 59.3 Å². The summed E-state index contributed by atoms with van der Waals surface area (Å²) in [7, 11) is 0. The van der Waals surface area contributed by atoms with E-state index in [1.54, 1.807) is 6.08 Å². The summed E-state index contributed by atoms with van der Waals surface area (Å²) in [4.78, 5) is 0. The Morgan fingerprint density at radius 2 is 1.71 bits per heavy atom. The fourth-order valence-corrected chi connectivity index (χ4v) is 2.52. The summed E-state index contributed by atoms with van der Waals surface area (Å²) in [6, 6.07) is 0. The summed E-state index contributed by atoms with van der Waals surface area (Å²) < 4.78 is 0. The van der Waals surface area contributed by atoms with Crippen LogP contribution in [0.15, 0.2) is 12.7 Å². The van der Waals surface area contributed by atoms with Crippen molar-refractivity contribution in [2.75, 3.05) is 0 Å². The van der Waals surface area contributed by atoms with Gasteiger partial charge in [0.15, 0.2) is 0 Å². The molecule has 0 bridgehead atoms. The molecule has 2 N–H and O–H groups in total. The molecule has 1 rings (SSSR count). The first-order valence-corrected chi connectivity index (χ1v) is 7.13. The third-order valence-corrected chi connectivity index (χ3v) is 3.69. The Bertz CT molecular complexity index is 185. The summed E-state index contributed by atoms with van der Waals surface area (Å²) in [6.07, 6.45) is 7.49. The van der Waals surface area contributed by atoms with Crippen LogP contribution in [0.3, 0.4) is 0 Å². The lowest BCUT2D eigenvalue weighted by molar-refractivity contribution is -0.0182. The molecule has 0 aromatic rings. The molecule has 1 aliphatic carbocycles. The summed E-state index contributed by atoms with van der Waals surface area (Å²) in [5, 5.41) is 19.9. The number of hydrogen-bond acceptors (Lipinski definition) is 2. The minimum absolute atomic E-state index is 0.0360. The van der Waals surface area contributed by atoms with Crippen LogP contribution in [0.25, 0.3) is 0 Å². The molecule has 0 amide bonds. The lowest BCUT2D eigenvalue weighted by atomic mass is 9.79. The van der Waals surface area contributed by atoms with Gasteiger partial charge in [0.2, 0.25) is 0 Å². The Morgan fingerprint density at radius 3 is 2.18 bits per heavy atom. The number of aliphatic hydroxyl groups is 2. The molecule has 1 aliphatic rings. The Balaban J connectivity index is 0.00000121. The van der Waals surface area contributed by atoms with E-state index < -0.39 is 6.10 Å². The minimum atomic E-state index is -0.445. The van der Waals surface area contributed by atoms with Crippen molar-refractivity contribution in [3.8, 4) is 0 Å². The van der Waals surface area contributed by atoms with E-state index in [0.717, 1.165) is 12.8 Å². The smallest absolute Gasteiger partial charge is 0.0624 e. The molecule has 17 heavy (non-hydrogen) atoms. The van der Waals surface area contributed by atoms with Crippen LogP contribution in [0.2, 0.25) is 0 Å². The molecule has 3 atom stereocenters. The van der Waals surface area contributed by atoms with Crippen LogP contribution in [0.4, 0.5) is 0 Å². The van der Waals surface area contributed by atoms with Crippen molar-refractivity contribution in [1.82, 2.24) is 0 Å². The molecule has 1 fully saturated rings. The zero-order valence-electron chi connectivity index (χ0n) is 11.7. The van der Waals surface area contributed by atoms with E-state index in [1.165, 1.54) is 19.3 Å². The Morgan fingerprint density at radius 1 is 1.18 bits per heavy atom. The molecule has 2 nitrogen and oxygen atoms in total. The van der Waals surface area contributed by atoms with Crippen molar-refractivity contribution in [3.05, 3.63) is 12.7 Å². The van der Waals surface area contributed by atoms with Crippen molar-refractivity contribution in [3.63, 3.8) is 0 Å². The molecule has 0 radical (unpaired) electrons. The van der Waals surface area contributed by atoms with Gasteiger partial charge in [0.1, 0.15) is 0 Å². The van der Waals surface area contributed by atoms with Gasteiger partial charge in [-0.15, -0.1) is 6.58 Å². The van der Waals surface area contributed by atoms with Gasteiger partial charge >= 0.3 is 0 Å². The molecule has 102 valence electrons. The molecule has 2 unspecified atom stereocenters. The van der Waals surface area contributed by atoms with Crippen molar-refractivity contribution < 1.29 is 10.2 Å². The highest BCUT2D eigenvalue weighted by molar-refractivity contribution is 4.84. The van der Waals surface area contributed by atoms with Gasteiger partial charge in [0.25, 0.3) is 0 Å². The first-order chi connectivity index (χ1) is 8.16. The Kier molecular flexibility index (Phi) is 9.47. The highest BCUT2D eigenvalue weighted by Crippen LogP contribution is 2.30. The quantitative estimate of drug-likeness (QED) is 0.724. The van der Waals surface area contributed by atoms with Crippen LogP contribution in [-0.4, -0.2) is 22.4 Å². The van der Waals surface area contributed by atoms with Crippen LogP contribution in [0.5, 0.6) is 0 Å². The summed E-state index contributed by atoms with van der Waals surface area (Å²) >= 11 is 0. The van der Waals surface area contributed by atoms with Gasteiger partial charge in [-0.1, -0.05) is 46.1 Å². The van der Waals surface area contributed by atoms with Gasteiger partial charge in [-0.05, 0) is 25.2 Å². The standard InChI is InChI=1S/C13H24O2.C2H6/c1-3-7-12(14)10(2)13(15)11-8-5-4-6-9-11;1-2/h3,10-15H,1,4-9H2,2H3;1-2H3/t10-,12?,13?;/m0./s1. The maximum Gasteiger partial charge on any atom is 0.0624 e. The molecule has 0 aliphatic heterocycles. The van der Waals surface area contributed by atoms with Gasteiger partial charge in [-0.2, -0.15) is 0 Å². The largest absolute Gasteiger partial charge is 0.392 e. The molecule has 0 aromatic heterocycles. The second kappa shape index (κ2) is 9.67. The maximum atomic E-state index is 10.1. The second-order valence-electron chi connectivity index (χ2n) is 4.84. The van der Waals surface area contributed by atoms with E-state index in [1.807, 2.05) is 20.8 Å². The van der Waals surface area contributed by atoms with Gasteiger partial charge in [-0.3, -0.25) is 0 Å². The zero-order valence-corrected chi connectivity index (χ0v) is 11.7. The van der Waals surface area contributed by atoms with Gasteiger partial charge in [0.05, 0.1) is 12.2 Å². The molecule has 2 heteroatoms. The predicted octanol–water partition coefficient (Wildman–Crippen LogP) is 3.53. The topological polar surface area (TPSA) is 40.5 Å². The fraction of sp³-hybridized carbons (Fsp3) is 0.867. The second-order valence-corrected chi connectivity index (χ2v) is 4.84. The minimum Gasteiger partial charge on any atom is -0.392 e. The molecular formula is C15H30O2. The summed E-state index contributed by atoms with van der Waals surface area (Å²) in [6.45, 7) is 9.55. The van der Waals surface area contributed by atoms with Crippen LogP contribution >= 0.6 is 0 Å². The number of rotatable bonds is 5. The normalized spacial score (nSPS) is 21.9. The van der Waals surface area contributed by atoms with E-state index in [2.05, 4.69) is 6.58 Å². The van der Waals surface area contributed by atoms with Crippen molar-refractivity contribution >= 4 is 0 Å². The predicted molar refractivity (Wildman–Crippen MR) is 73.9 cm³/mol. The van der Waals surface area contributed by atoms with Crippen LogP contribution in [0, 0.1) is 11.8 Å². The highest BCUT2D eigenvalue weighted by atomic mass is 16.3. The van der Waals surface area contributed by atoms with E-state index in [0.29, 0.717) is 12.3 Å². The lowest BCUT2D eigenvalue weighted by Crippen LogP contribution is -2.35. The van der Waals surface area contributed by atoms with Gasteiger partial charge in [0, 0.05) is 5.92 Å². The van der Waals surface area contributed by atoms with E-state index in [-0.39, 0.29) is 12.0 Å². The van der Waals surface area contributed by atoms with Crippen LogP contribution in [-0.2, 0) is 0 Å². The average Bonchev–Trinajstić information content (AvgIpc) is 2.40. The van der Waals surface area contributed by atoms with Gasteiger partial charge < -0.3 is 10.2 Å². The zero-order chi connectivity index (χ0) is 13.3. The molecular weight excluding hydrogens is 212 g/mol. The van der Waals surface area contributed by atoms with E-state index in [4.69, 9.17) is 0 Å². The SMILES string of the molecule is C=CCC(O)[C@H](C)C(O)C1CCCCC1.CC. The molecule has 0 spiro atoms. The van der Waals surface area contributed by atoms with E-state index >= 15 is 0 Å². The first-order valence-electron chi connectivity index (χ1n) is 7.13. The Hall–Kier alpha value is -0.340. The summed E-state index contributed by atoms with van der Waals surface area (Å²) in [5.41, 5.74) is 0. The molecule has 1 saturated carbocycles. The number of hydrogen-bond donors (Lipinski definition) is 2. The maximum absolute atomic E-state index is 10.1.